The summed E-state index contributed by atoms with van der Waals surface area (Å²) in [4.78, 5) is 0. The molecule has 0 aliphatic heterocycles. The summed E-state index contributed by atoms with van der Waals surface area (Å²) in [6.45, 7) is 5.89. The lowest BCUT2D eigenvalue weighted by Gasteiger charge is -2.14. The summed E-state index contributed by atoms with van der Waals surface area (Å²) in [5.41, 5.74) is 3.81. The molecule has 0 amide bonds. The molecule has 0 heterocycles. The molecule has 0 fully saturated rings. The van der Waals surface area contributed by atoms with Crippen LogP contribution >= 0.6 is 0 Å². The maximum Gasteiger partial charge on any atom is 0.416 e. The molecule has 0 spiro atoms. The molecular formula is C18H18F3N. The highest BCUT2D eigenvalue weighted by Gasteiger charge is 2.30. The van der Waals surface area contributed by atoms with E-state index in [-0.39, 0.29) is 0 Å². The van der Waals surface area contributed by atoms with E-state index < -0.39 is 11.7 Å². The van der Waals surface area contributed by atoms with Gasteiger partial charge in [-0.25, -0.2) is 0 Å². The number of halogens is 3. The first-order chi connectivity index (χ1) is 10.3. The van der Waals surface area contributed by atoms with Gasteiger partial charge in [0.05, 0.1) is 5.56 Å². The van der Waals surface area contributed by atoms with Crippen molar-refractivity contribution in [2.45, 2.75) is 26.9 Å². The molecule has 4 heteroatoms. The van der Waals surface area contributed by atoms with Crippen molar-refractivity contribution in [2.24, 2.45) is 0 Å². The summed E-state index contributed by atoms with van der Waals surface area (Å²) in [6.07, 6.45) is -2.49. The predicted octanol–water partition coefficient (Wildman–Crippen LogP) is 5.80. The minimum absolute atomic E-state index is 0.418. The normalized spacial score (nSPS) is 12.4. The first kappa shape index (κ1) is 16.1. The van der Waals surface area contributed by atoms with Crippen molar-refractivity contribution in [2.75, 3.05) is 5.32 Å². The van der Waals surface area contributed by atoms with Crippen LogP contribution in [0.5, 0.6) is 0 Å². The third kappa shape index (κ3) is 3.70. The Labute approximate surface area is 128 Å². The van der Waals surface area contributed by atoms with Gasteiger partial charge in [0, 0.05) is 11.4 Å². The summed E-state index contributed by atoms with van der Waals surface area (Å²) in [5, 5.41) is 3.07. The first-order valence-electron chi connectivity index (χ1n) is 6.99. The number of aryl methyl sites for hydroxylation is 2. The molecule has 0 aromatic heterocycles. The van der Waals surface area contributed by atoms with Gasteiger partial charge < -0.3 is 5.32 Å². The predicted molar refractivity (Wildman–Crippen MR) is 84.6 cm³/mol. The van der Waals surface area contributed by atoms with Crippen LogP contribution in [-0.4, -0.2) is 0 Å². The highest BCUT2D eigenvalue weighted by atomic mass is 19.4. The Hall–Kier alpha value is -2.23. The Bertz CT molecular complexity index is 700. The molecule has 0 aliphatic carbocycles. The molecule has 0 unspecified atom stereocenters. The van der Waals surface area contributed by atoms with E-state index in [2.05, 4.69) is 5.32 Å². The molecule has 2 aromatic rings. The van der Waals surface area contributed by atoms with Crippen LogP contribution in [0.25, 0.3) is 5.70 Å². The number of benzene rings is 2. The van der Waals surface area contributed by atoms with Crippen LogP contribution in [-0.2, 0) is 6.18 Å². The number of alkyl halides is 3. The molecule has 0 saturated heterocycles. The lowest BCUT2D eigenvalue weighted by Crippen LogP contribution is -2.06. The highest BCUT2D eigenvalue weighted by molar-refractivity contribution is 5.77. The van der Waals surface area contributed by atoms with Crippen LogP contribution in [0.3, 0.4) is 0 Å². The Balaban J connectivity index is 2.30. The smallest absolute Gasteiger partial charge is 0.355 e. The van der Waals surface area contributed by atoms with Crippen LogP contribution in [0.4, 0.5) is 18.9 Å². The standard InChI is InChI=1S/C18H18F3N/c1-4-17(14-9-8-12(2)13(3)10-14)22-16-7-5-6-15(11-16)18(19,20)21/h4-11,22H,1-3H3/b17-4+. The second-order valence-electron chi connectivity index (χ2n) is 5.20. The molecule has 1 N–H and O–H groups in total. The van der Waals surface area contributed by atoms with Gasteiger partial charge in [0.1, 0.15) is 0 Å². The van der Waals surface area contributed by atoms with Gasteiger partial charge in [-0.15, -0.1) is 0 Å². The minimum atomic E-state index is -4.34. The van der Waals surface area contributed by atoms with Gasteiger partial charge in [-0.2, -0.15) is 13.2 Å². The average molecular weight is 305 g/mol. The number of anilines is 1. The Morgan fingerprint density at radius 2 is 1.73 bits per heavy atom. The number of rotatable bonds is 3. The van der Waals surface area contributed by atoms with Gasteiger partial charge in [-0.3, -0.25) is 0 Å². The van der Waals surface area contributed by atoms with Crippen LogP contribution < -0.4 is 5.32 Å². The second-order valence-corrected chi connectivity index (χ2v) is 5.20. The zero-order valence-electron chi connectivity index (χ0n) is 12.8. The number of nitrogens with one attached hydrogen (secondary N) is 1. The third-order valence-electron chi connectivity index (χ3n) is 3.58. The van der Waals surface area contributed by atoms with Gasteiger partial charge in [0.15, 0.2) is 0 Å². The average Bonchev–Trinajstić information content (AvgIpc) is 2.47. The zero-order valence-corrected chi connectivity index (χ0v) is 12.8. The Morgan fingerprint density at radius 3 is 2.32 bits per heavy atom. The van der Waals surface area contributed by atoms with E-state index in [9.17, 15) is 13.2 Å². The van der Waals surface area contributed by atoms with E-state index >= 15 is 0 Å². The SMILES string of the molecule is C/C=C(/Nc1cccc(C(F)(F)F)c1)c1ccc(C)c(C)c1. The van der Waals surface area contributed by atoms with Gasteiger partial charge in [-0.1, -0.05) is 24.3 Å². The van der Waals surface area contributed by atoms with E-state index in [1.54, 1.807) is 6.07 Å². The first-order valence-corrected chi connectivity index (χ1v) is 6.99. The third-order valence-corrected chi connectivity index (χ3v) is 3.58. The van der Waals surface area contributed by atoms with E-state index in [1.807, 2.05) is 45.0 Å². The molecule has 116 valence electrons. The van der Waals surface area contributed by atoms with Gasteiger partial charge in [0.25, 0.3) is 0 Å². The lowest BCUT2D eigenvalue weighted by atomic mass is 10.0. The molecule has 1 nitrogen and oxygen atoms in total. The second kappa shape index (κ2) is 6.26. The van der Waals surface area contributed by atoms with Crippen molar-refractivity contribution in [3.63, 3.8) is 0 Å². The highest BCUT2D eigenvalue weighted by Crippen LogP contribution is 2.31. The summed E-state index contributed by atoms with van der Waals surface area (Å²) < 4.78 is 38.3. The fraction of sp³-hybridized carbons (Fsp3) is 0.222. The number of hydrogen-bond donors (Lipinski definition) is 1. The number of hydrogen-bond acceptors (Lipinski definition) is 1. The summed E-state index contributed by atoms with van der Waals surface area (Å²) in [7, 11) is 0. The maximum absolute atomic E-state index is 12.8. The quantitative estimate of drug-likeness (QED) is 0.756. The zero-order chi connectivity index (χ0) is 16.3. The lowest BCUT2D eigenvalue weighted by molar-refractivity contribution is -0.137. The van der Waals surface area contributed by atoms with E-state index in [4.69, 9.17) is 0 Å². The van der Waals surface area contributed by atoms with Crippen molar-refractivity contribution < 1.29 is 13.2 Å². The fourth-order valence-corrected chi connectivity index (χ4v) is 2.15. The van der Waals surface area contributed by atoms with Crippen LogP contribution in [0.15, 0.2) is 48.5 Å². The fourth-order valence-electron chi connectivity index (χ4n) is 2.15. The van der Waals surface area contributed by atoms with Crippen LogP contribution in [0.2, 0.25) is 0 Å². The van der Waals surface area contributed by atoms with E-state index in [1.165, 1.54) is 11.6 Å². The molecule has 22 heavy (non-hydrogen) atoms. The van der Waals surface area contributed by atoms with Crippen molar-refractivity contribution in [3.05, 3.63) is 70.8 Å². The molecule has 0 bridgehead atoms. The molecule has 2 aromatic carbocycles. The van der Waals surface area contributed by atoms with Crippen molar-refractivity contribution in [1.82, 2.24) is 0 Å². The van der Waals surface area contributed by atoms with Crippen molar-refractivity contribution in [1.29, 1.82) is 0 Å². The van der Waals surface area contributed by atoms with Gasteiger partial charge in [-0.05, 0) is 61.7 Å². The summed E-state index contributed by atoms with van der Waals surface area (Å²) in [5.74, 6) is 0. The Kier molecular flexibility index (Phi) is 4.59. The maximum atomic E-state index is 12.8. The van der Waals surface area contributed by atoms with Crippen LogP contribution in [0, 0.1) is 13.8 Å². The summed E-state index contributed by atoms with van der Waals surface area (Å²) >= 11 is 0. The van der Waals surface area contributed by atoms with E-state index in [0.29, 0.717) is 5.69 Å². The molecule has 2 rings (SSSR count). The molecule has 0 aliphatic rings. The van der Waals surface area contributed by atoms with Gasteiger partial charge >= 0.3 is 6.18 Å². The van der Waals surface area contributed by atoms with Crippen molar-refractivity contribution >= 4 is 11.4 Å². The molecule has 0 radical (unpaired) electrons. The molecular weight excluding hydrogens is 287 g/mol. The monoisotopic (exact) mass is 305 g/mol. The van der Waals surface area contributed by atoms with Crippen LogP contribution in [0.1, 0.15) is 29.2 Å². The largest absolute Gasteiger partial charge is 0.416 e. The Morgan fingerprint density at radius 1 is 1.00 bits per heavy atom. The molecule has 0 atom stereocenters. The number of allylic oxidation sites excluding steroid dienone is 1. The van der Waals surface area contributed by atoms with Gasteiger partial charge in [0.2, 0.25) is 0 Å². The van der Waals surface area contributed by atoms with E-state index in [0.717, 1.165) is 29.0 Å². The van der Waals surface area contributed by atoms with Crippen molar-refractivity contribution in [3.8, 4) is 0 Å². The minimum Gasteiger partial charge on any atom is -0.355 e. The molecule has 0 saturated carbocycles. The summed E-state index contributed by atoms with van der Waals surface area (Å²) in [6, 6.07) is 11.2. The topological polar surface area (TPSA) is 12.0 Å².